The van der Waals surface area contributed by atoms with Gasteiger partial charge in [0.25, 0.3) is 0 Å². The number of morpholine rings is 1. The summed E-state index contributed by atoms with van der Waals surface area (Å²) in [4.78, 5) is 30.9. The van der Waals surface area contributed by atoms with E-state index >= 15 is 0 Å². The number of rotatable bonds is 6. The standard InChI is InChI=1S/C22H30FN3O4/c23-17-3-5-19(6-4-17)29-15-20-13-26(22(28)16-30-20)18-7-11-24(12-8-18)14-21(27)25-9-1-2-10-25/h3-6,18,20H,1-2,7-16H2/t20-/m1/s1. The first-order valence-electron chi connectivity index (χ1n) is 10.9. The van der Waals surface area contributed by atoms with Gasteiger partial charge in [-0.2, -0.15) is 0 Å². The number of nitrogens with zero attached hydrogens (tertiary/aromatic N) is 3. The van der Waals surface area contributed by atoms with Crippen molar-refractivity contribution < 1.29 is 23.5 Å². The Morgan fingerprint density at radius 1 is 1.10 bits per heavy atom. The van der Waals surface area contributed by atoms with Crippen LogP contribution in [-0.2, 0) is 14.3 Å². The fourth-order valence-electron chi connectivity index (χ4n) is 4.47. The molecule has 3 heterocycles. The highest BCUT2D eigenvalue weighted by molar-refractivity contribution is 5.79. The highest BCUT2D eigenvalue weighted by atomic mass is 19.1. The van der Waals surface area contributed by atoms with E-state index in [1.54, 1.807) is 12.1 Å². The normalized spacial score (nSPS) is 23.8. The van der Waals surface area contributed by atoms with Crippen LogP contribution in [0.3, 0.4) is 0 Å². The molecule has 1 atom stereocenters. The number of carbonyl (C=O) groups is 2. The van der Waals surface area contributed by atoms with Gasteiger partial charge in [0.05, 0.1) is 13.1 Å². The molecule has 0 spiro atoms. The van der Waals surface area contributed by atoms with Crippen LogP contribution in [0.1, 0.15) is 25.7 Å². The monoisotopic (exact) mass is 419 g/mol. The summed E-state index contributed by atoms with van der Waals surface area (Å²) in [6, 6.07) is 6.05. The molecule has 4 rings (SSSR count). The third kappa shape index (κ3) is 5.29. The predicted molar refractivity (Wildman–Crippen MR) is 109 cm³/mol. The van der Waals surface area contributed by atoms with E-state index in [0.29, 0.717) is 25.4 Å². The predicted octanol–water partition coefficient (Wildman–Crippen LogP) is 1.52. The minimum Gasteiger partial charge on any atom is -0.491 e. The molecular formula is C22H30FN3O4. The minimum absolute atomic E-state index is 0.0135. The van der Waals surface area contributed by atoms with Crippen LogP contribution in [0.25, 0.3) is 0 Å². The van der Waals surface area contributed by atoms with Crippen LogP contribution in [0.15, 0.2) is 24.3 Å². The lowest BCUT2D eigenvalue weighted by Gasteiger charge is -2.42. The molecule has 8 heteroatoms. The zero-order chi connectivity index (χ0) is 20.9. The molecule has 2 amide bonds. The molecule has 0 radical (unpaired) electrons. The second kappa shape index (κ2) is 9.75. The molecule has 7 nitrogen and oxygen atoms in total. The summed E-state index contributed by atoms with van der Waals surface area (Å²) in [6.07, 6.45) is 3.75. The molecule has 3 fully saturated rings. The number of amides is 2. The Kier molecular flexibility index (Phi) is 6.84. The molecule has 0 N–H and O–H groups in total. The molecule has 1 aromatic carbocycles. The highest BCUT2D eigenvalue weighted by Gasteiger charge is 2.34. The molecule has 0 aromatic heterocycles. The van der Waals surface area contributed by atoms with Gasteiger partial charge in [-0.25, -0.2) is 4.39 Å². The van der Waals surface area contributed by atoms with Crippen LogP contribution >= 0.6 is 0 Å². The van der Waals surface area contributed by atoms with Crippen molar-refractivity contribution in [3.8, 4) is 5.75 Å². The molecule has 0 aliphatic carbocycles. The van der Waals surface area contributed by atoms with Gasteiger partial charge in [-0.1, -0.05) is 0 Å². The van der Waals surface area contributed by atoms with Gasteiger partial charge in [-0.3, -0.25) is 14.5 Å². The van der Waals surface area contributed by atoms with E-state index in [4.69, 9.17) is 9.47 Å². The van der Waals surface area contributed by atoms with Crippen LogP contribution in [0.4, 0.5) is 4.39 Å². The van der Waals surface area contributed by atoms with Crippen LogP contribution in [0.2, 0.25) is 0 Å². The average Bonchev–Trinajstić information content (AvgIpc) is 3.30. The summed E-state index contributed by atoms with van der Waals surface area (Å²) in [5, 5.41) is 0. The van der Waals surface area contributed by atoms with Gasteiger partial charge >= 0.3 is 0 Å². The van der Waals surface area contributed by atoms with Gasteiger partial charge in [0.1, 0.15) is 30.9 Å². The van der Waals surface area contributed by atoms with Crippen LogP contribution in [0, 0.1) is 5.82 Å². The largest absolute Gasteiger partial charge is 0.491 e. The third-order valence-electron chi connectivity index (χ3n) is 6.23. The lowest BCUT2D eigenvalue weighted by molar-refractivity contribution is -0.155. The number of piperidine rings is 1. The Labute approximate surface area is 176 Å². The first kappa shape index (κ1) is 21.1. The molecule has 1 aromatic rings. The van der Waals surface area contributed by atoms with Gasteiger partial charge in [-0.15, -0.1) is 0 Å². The van der Waals surface area contributed by atoms with Crippen molar-refractivity contribution in [1.29, 1.82) is 0 Å². The lowest BCUT2D eigenvalue weighted by atomic mass is 10.0. The van der Waals surface area contributed by atoms with Crippen molar-refractivity contribution in [2.24, 2.45) is 0 Å². The summed E-state index contributed by atoms with van der Waals surface area (Å²) in [6.45, 7) is 4.79. The van der Waals surface area contributed by atoms with Crippen molar-refractivity contribution in [2.45, 2.75) is 37.8 Å². The molecule has 30 heavy (non-hydrogen) atoms. The Morgan fingerprint density at radius 3 is 2.50 bits per heavy atom. The smallest absolute Gasteiger partial charge is 0.248 e. The lowest BCUT2D eigenvalue weighted by Crippen LogP contribution is -2.56. The molecule has 3 aliphatic rings. The molecular weight excluding hydrogens is 389 g/mol. The number of hydrogen-bond acceptors (Lipinski definition) is 5. The molecule has 0 saturated carbocycles. The summed E-state index contributed by atoms with van der Waals surface area (Å²) >= 11 is 0. The van der Waals surface area contributed by atoms with E-state index in [1.165, 1.54) is 12.1 Å². The maximum absolute atomic E-state index is 13.0. The van der Waals surface area contributed by atoms with Crippen molar-refractivity contribution in [1.82, 2.24) is 14.7 Å². The number of ether oxygens (including phenoxy) is 2. The van der Waals surface area contributed by atoms with Crippen molar-refractivity contribution in [2.75, 3.05) is 52.5 Å². The zero-order valence-electron chi connectivity index (χ0n) is 17.3. The minimum atomic E-state index is -0.304. The van der Waals surface area contributed by atoms with Crippen molar-refractivity contribution in [3.05, 3.63) is 30.1 Å². The quantitative estimate of drug-likeness (QED) is 0.700. The Morgan fingerprint density at radius 2 is 1.80 bits per heavy atom. The first-order valence-corrected chi connectivity index (χ1v) is 10.9. The summed E-state index contributed by atoms with van der Waals surface area (Å²) in [7, 11) is 0. The first-order chi connectivity index (χ1) is 14.6. The van der Waals surface area contributed by atoms with Crippen molar-refractivity contribution in [3.63, 3.8) is 0 Å². The molecule has 3 saturated heterocycles. The Balaban J connectivity index is 1.23. The Bertz CT molecular complexity index is 730. The van der Waals surface area contributed by atoms with Crippen LogP contribution < -0.4 is 4.74 Å². The maximum Gasteiger partial charge on any atom is 0.248 e. The van der Waals surface area contributed by atoms with E-state index in [0.717, 1.165) is 51.9 Å². The number of hydrogen-bond donors (Lipinski definition) is 0. The molecule has 164 valence electrons. The maximum atomic E-state index is 13.0. The number of benzene rings is 1. The topological polar surface area (TPSA) is 62.3 Å². The Hall–Kier alpha value is -2.19. The fourth-order valence-corrected chi connectivity index (χ4v) is 4.47. The molecule has 0 bridgehead atoms. The second-order valence-corrected chi connectivity index (χ2v) is 8.34. The molecule has 3 aliphatic heterocycles. The number of likely N-dealkylation sites (tertiary alicyclic amines) is 2. The SMILES string of the molecule is O=C(CN1CCC(N2C[C@H](COc3ccc(F)cc3)OCC2=O)CC1)N1CCCC1. The average molecular weight is 419 g/mol. The van der Waals surface area contributed by atoms with E-state index in [9.17, 15) is 14.0 Å². The summed E-state index contributed by atoms with van der Waals surface area (Å²) < 4.78 is 24.3. The van der Waals surface area contributed by atoms with E-state index in [-0.39, 0.29) is 36.4 Å². The highest BCUT2D eigenvalue weighted by Crippen LogP contribution is 2.21. The summed E-state index contributed by atoms with van der Waals surface area (Å²) in [5.74, 6) is 0.520. The van der Waals surface area contributed by atoms with E-state index < -0.39 is 0 Å². The van der Waals surface area contributed by atoms with Crippen molar-refractivity contribution >= 4 is 11.8 Å². The molecule has 0 unspecified atom stereocenters. The van der Waals surface area contributed by atoms with Crippen LogP contribution in [-0.4, -0.2) is 91.1 Å². The van der Waals surface area contributed by atoms with E-state index in [1.807, 2.05) is 9.80 Å². The second-order valence-electron chi connectivity index (χ2n) is 8.34. The van der Waals surface area contributed by atoms with E-state index in [2.05, 4.69) is 4.90 Å². The number of carbonyl (C=O) groups excluding carboxylic acids is 2. The van der Waals surface area contributed by atoms with Gasteiger partial charge in [0.15, 0.2) is 0 Å². The number of halogens is 1. The van der Waals surface area contributed by atoms with Gasteiger partial charge in [0.2, 0.25) is 11.8 Å². The zero-order valence-corrected chi connectivity index (χ0v) is 17.3. The van der Waals surface area contributed by atoms with Gasteiger partial charge in [-0.05, 0) is 49.9 Å². The van der Waals surface area contributed by atoms with Gasteiger partial charge in [0, 0.05) is 32.2 Å². The fraction of sp³-hybridized carbons (Fsp3) is 0.636. The summed E-state index contributed by atoms with van der Waals surface area (Å²) in [5.41, 5.74) is 0. The van der Waals surface area contributed by atoms with Gasteiger partial charge < -0.3 is 19.3 Å². The third-order valence-corrected chi connectivity index (χ3v) is 6.23. The van der Waals surface area contributed by atoms with Crippen LogP contribution in [0.5, 0.6) is 5.75 Å².